The number of amides is 1. The van der Waals surface area contributed by atoms with Gasteiger partial charge in [0.05, 0.1) is 0 Å². The van der Waals surface area contributed by atoms with Gasteiger partial charge in [-0.25, -0.2) is 0 Å². The van der Waals surface area contributed by atoms with Crippen LogP contribution in [0.25, 0.3) is 0 Å². The predicted octanol–water partition coefficient (Wildman–Crippen LogP) is 3.39. The minimum Gasteiger partial charge on any atom is -0.355 e. The summed E-state index contributed by atoms with van der Waals surface area (Å²) in [4.78, 5) is 13.1. The summed E-state index contributed by atoms with van der Waals surface area (Å²) in [5.74, 6) is 0.181. The number of rotatable bonds is 10. The maximum atomic E-state index is 11.6. The van der Waals surface area contributed by atoms with Crippen LogP contribution in [0.15, 0.2) is 17.5 Å². The molecule has 1 rings (SSSR count). The van der Waals surface area contributed by atoms with E-state index >= 15 is 0 Å². The minimum atomic E-state index is 0. The molecule has 0 aliphatic heterocycles. The van der Waals surface area contributed by atoms with Crippen LogP contribution in [-0.4, -0.2) is 25.0 Å². The standard InChI is InChI=1S/C15H26N2OS.ClH/c1-3-16-13(2)12-17-15(18)10-6-4-5-8-14-9-7-11-19-14;/h7,9,11,13,16H,3-6,8,10,12H2,1-2H3,(H,17,18);1H/t13-;/m1./s1. The average molecular weight is 319 g/mol. The number of hydrogen-bond donors (Lipinski definition) is 2. The number of unbranched alkanes of at least 4 members (excludes halogenated alkanes) is 2. The van der Waals surface area contributed by atoms with E-state index in [0.29, 0.717) is 12.5 Å². The van der Waals surface area contributed by atoms with E-state index in [1.54, 1.807) is 0 Å². The van der Waals surface area contributed by atoms with Crippen molar-refractivity contribution in [3.05, 3.63) is 22.4 Å². The van der Waals surface area contributed by atoms with Gasteiger partial charge in [-0.2, -0.15) is 0 Å². The number of carbonyl (C=O) groups is 1. The Bertz CT molecular complexity index is 344. The largest absolute Gasteiger partial charge is 0.355 e. The van der Waals surface area contributed by atoms with Gasteiger partial charge in [0.1, 0.15) is 0 Å². The van der Waals surface area contributed by atoms with E-state index in [2.05, 4.69) is 42.0 Å². The second kappa shape index (κ2) is 12.2. The van der Waals surface area contributed by atoms with E-state index < -0.39 is 0 Å². The molecule has 2 N–H and O–H groups in total. The van der Waals surface area contributed by atoms with E-state index in [-0.39, 0.29) is 18.3 Å². The maximum absolute atomic E-state index is 11.6. The third kappa shape index (κ3) is 9.34. The van der Waals surface area contributed by atoms with Crippen LogP contribution < -0.4 is 10.6 Å². The Kier molecular flexibility index (Phi) is 11.8. The third-order valence-electron chi connectivity index (χ3n) is 3.07. The fourth-order valence-corrected chi connectivity index (χ4v) is 2.74. The lowest BCUT2D eigenvalue weighted by Crippen LogP contribution is -2.38. The van der Waals surface area contributed by atoms with E-state index in [4.69, 9.17) is 0 Å². The number of likely N-dealkylation sites (N-methyl/N-ethyl adjacent to an activating group) is 1. The summed E-state index contributed by atoms with van der Waals surface area (Å²) < 4.78 is 0. The van der Waals surface area contributed by atoms with Crippen LogP contribution in [0, 0.1) is 0 Å². The number of hydrogen-bond acceptors (Lipinski definition) is 3. The average Bonchev–Trinajstić information content (AvgIpc) is 2.89. The molecule has 1 heterocycles. The van der Waals surface area contributed by atoms with Crippen LogP contribution in [0.2, 0.25) is 0 Å². The first-order valence-electron chi connectivity index (χ1n) is 7.24. The highest BCUT2D eigenvalue weighted by molar-refractivity contribution is 7.09. The lowest BCUT2D eigenvalue weighted by Gasteiger charge is -2.13. The zero-order chi connectivity index (χ0) is 13.9. The molecule has 0 bridgehead atoms. The Morgan fingerprint density at radius 3 is 2.80 bits per heavy atom. The van der Waals surface area contributed by atoms with Crippen molar-refractivity contribution in [1.82, 2.24) is 10.6 Å². The molecule has 0 fully saturated rings. The SMILES string of the molecule is CCN[C@H](C)CNC(=O)CCCCCc1cccs1.Cl. The summed E-state index contributed by atoms with van der Waals surface area (Å²) in [7, 11) is 0. The highest BCUT2D eigenvalue weighted by Gasteiger charge is 2.04. The van der Waals surface area contributed by atoms with E-state index in [1.807, 2.05) is 11.3 Å². The van der Waals surface area contributed by atoms with Crippen LogP contribution in [-0.2, 0) is 11.2 Å². The minimum absolute atomic E-state index is 0. The molecule has 0 radical (unpaired) electrons. The second-order valence-electron chi connectivity index (χ2n) is 4.90. The highest BCUT2D eigenvalue weighted by Crippen LogP contribution is 2.13. The smallest absolute Gasteiger partial charge is 0.220 e. The fourth-order valence-electron chi connectivity index (χ4n) is 1.99. The normalized spacial score (nSPS) is 11.7. The number of aryl methyl sites for hydroxylation is 1. The molecule has 0 aliphatic rings. The number of halogens is 1. The predicted molar refractivity (Wildman–Crippen MR) is 89.9 cm³/mol. The van der Waals surface area contributed by atoms with Gasteiger partial charge in [0.2, 0.25) is 5.91 Å². The number of thiophene rings is 1. The summed E-state index contributed by atoms with van der Waals surface area (Å²) in [6.45, 7) is 5.83. The van der Waals surface area contributed by atoms with Crippen molar-refractivity contribution in [2.45, 2.75) is 52.0 Å². The molecule has 0 saturated heterocycles. The fraction of sp³-hybridized carbons (Fsp3) is 0.667. The Labute approximate surface area is 133 Å². The van der Waals surface area contributed by atoms with E-state index in [1.165, 1.54) is 11.3 Å². The van der Waals surface area contributed by atoms with Gasteiger partial charge in [-0.05, 0) is 44.2 Å². The molecule has 20 heavy (non-hydrogen) atoms. The lowest BCUT2D eigenvalue weighted by molar-refractivity contribution is -0.121. The molecule has 0 aliphatic carbocycles. The van der Waals surface area contributed by atoms with Crippen molar-refractivity contribution < 1.29 is 4.79 Å². The summed E-state index contributed by atoms with van der Waals surface area (Å²) in [5.41, 5.74) is 0. The molecule has 0 unspecified atom stereocenters. The van der Waals surface area contributed by atoms with Crippen molar-refractivity contribution in [3.63, 3.8) is 0 Å². The molecule has 0 aromatic carbocycles. The Hall–Kier alpha value is -0.580. The highest BCUT2D eigenvalue weighted by atomic mass is 35.5. The zero-order valence-electron chi connectivity index (χ0n) is 12.5. The first kappa shape index (κ1) is 19.4. The molecule has 1 aromatic heterocycles. The van der Waals surface area contributed by atoms with E-state index in [0.717, 1.165) is 32.4 Å². The summed E-state index contributed by atoms with van der Waals surface area (Å²) in [5, 5.41) is 8.37. The molecule has 1 atom stereocenters. The van der Waals surface area contributed by atoms with Gasteiger partial charge in [0, 0.05) is 23.9 Å². The molecule has 0 spiro atoms. The molecule has 116 valence electrons. The van der Waals surface area contributed by atoms with Gasteiger partial charge >= 0.3 is 0 Å². The number of nitrogens with one attached hydrogen (secondary N) is 2. The van der Waals surface area contributed by atoms with Gasteiger partial charge in [0.25, 0.3) is 0 Å². The van der Waals surface area contributed by atoms with Crippen molar-refractivity contribution in [2.24, 2.45) is 0 Å². The molecule has 3 nitrogen and oxygen atoms in total. The Balaban J connectivity index is 0.00000361. The molecular weight excluding hydrogens is 292 g/mol. The first-order valence-corrected chi connectivity index (χ1v) is 8.12. The van der Waals surface area contributed by atoms with Crippen LogP contribution in [0.5, 0.6) is 0 Å². The van der Waals surface area contributed by atoms with E-state index in [9.17, 15) is 4.79 Å². The first-order chi connectivity index (χ1) is 9.22. The number of carbonyl (C=O) groups excluding carboxylic acids is 1. The van der Waals surface area contributed by atoms with Crippen LogP contribution in [0.4, 0.5) is 0 Å². The maximum Gasteiger partial charge on any atom is 0.220 e. The molecular formula is C15H27ClN2OS. The van der Waals surface area contributed by atoms with Crippen molar-refractivity contribution >= 4 is 29.7 Å². The van der Waals surface area contributed by atoms with Crippen LogP contribution >= 0.6 is 23.7 Å². The monoisotopic (exact) mass is 318 g/mol. The topological polar surface area (TPSA) is 41.1 Å². The third-order valence-corrected chi connectivity index (χ3v) is 4.00. The van der Waals surface area contributed by atoms with Crippen LogP contribution in [0.3, 0.4) is 0 Å². The van der Waals surface area contributed by atoms with Crippen molar-refractivity contribution in [3.8, 4) is 0 Å². The second-order valence-corrected chi connectivity index (χ2v) is 5.94. The lowest BCUT2D eigenvalue weighted by atomic mass is 10.1. The van der Waals surface area contributed by atoms with Crippen molar-refractivity contribution in [2.75, 3.05) is 13.1 Å². The molecule has 1 amide bonds. The zero-order valence-corrected chi connectivity index (χ0v) is 14.1. The summed E-state index contributed by atoms with van der Waals surface area (Å²) >= 11 is 1.82. The van der Waals surface area contributed by atoms with Gasteiger partial charge in [-0.3, -0.25) is 4.79 Å². The molecule has 0 saturated carbocycles. The molecule has 1 aromatic rings. The Morgan fingerprint density at radius 2 is 2.15 bits per heavy atom. The van der Waals surface area contributed by atoms with Gasteiger partial charge < -0.3 is 10.6 Å². The summed E-state index contributed by atoms with van der Waals surface area (Å²) in [6, 6.07) is 4.63. The van der Waals surface area contributed by atoms with Crippen LogP contribution in [0.1, 0.15) is 44.4 Å². The van der Waals surface area contributed by atoms with Crippen molar-refractivity contribution in [1.29, 1.82) is 0 Å². The quantitative estimate of drug-likeness (QED) is 0.649. The Morgan fingerprint density at radius 1 is 1.35 bits per heavy atom. The summed E-state index contributed by atoms with van der Waals surface area (Å²) in [6.07, 6.45) is 5.11. The van der Waals surface area contributed by atoms with Gasteiger partial charge in [-0.15, -0.1) is 23.7 Å². The molecule has 5 heteroatoms. The van der Waals surface area contributed by atoms with Gasteiger partial charge in [0.15, 0.2) is 0 Å². The van der Waals surface area contributed by atoms with Gasteiger partial charge in [-0.1, -0.05) is 19.4 Å².